The molecule has 2 aromatic heterocycles. The van der Waals surface area contributed by atoms with E-state index in [0.29, 0.717) is 29.5 Å². The van der Waals surface area contributed by atoms with Gasteiger partial charge in [-0.05, 0) is 30.7 Å². The molecule has 0 saturated heterocycles. The Morgan fingerprint density at radius 3 is 2.54 bits per heavy atom. The van der Waals surface area contributed by atoms with Gasteiger partial charge < -0.3 is 19.5 Å². The van der Waals surface area contributed by atoms with Crippen LogP contribution in [0.4, 0.5) is 0 Å². The molecule has 0 spiro atoms. The van der Waals surface area contributed by atoms with Crippen LogP contribution in [0.2, 0.25) is 0 Å². The highest BCUT2D eigenvalue weighted by Gasteiger charge is 2.13. The summed E-state index contributed by atoms with van der Waals surface area (Å²) < 4.78 is 19.7. The van der Waals surface area contributed by atoms with Crippen molar-refractivity contribution in [3.8, 4) is 17.2 Å². The largest absolute Gasteiger partial charge is 0.493 e. The monoisotopic (exact) mass is 385 g/mol. The van der Waals surface area contributed by atoms with Gasteiger partial charge in [-0.1, -0.05) is 6.07 Å². The van der Waals surface area contributed by atoms with Gasteiger partial charge in [0.05, 0.1) is 14.2 Å². The molecule has 1 N–H and O–H groups in total. The second-order valence-corrected chi connectivity index (χ2v) is 5.88. The summed E-state index contributed by atoms with van der Waals surface area (Å²) in [5.41, 5.74) is 0.328. The molecule has 9 heteroatoms. The van der Waals surface area contributed by atoms with E-state index in [1.807, 2.05) is 23.0 Å². The van der Waals surface area contributed by atoms with Crippen LogP contribution < -0.4 is 19.5 Å². The number of methoxy groups -OCH3 is 2. The Hall–Kier alpha value is -3.49. The molecule has 0 atom stereocenters. The van der Waals surface area contributed by atoms with Crippen molar-refractivity contribution in [2.75, 3.05) is 20.8 Å². The quantitative estimate of drug-likeness (QED) is 0.536. The molecule has 3 rings (SSSR count). The van der Waals surface area contributed by atoms with E-state index in [1.54, 1.807) is 44.8 Å². The fraction of sp³-hybridized carbons (Fsp3) is 0.316. The second-order valence-electron chi connectivity index (χ2n) is 5.88. The van der Waals surface area contributed by atoms with Gasteiger partial charge in [0.1, 0.15) is 5.69 Å². The average molecular weight is 385 g/mol. The highest BCUT2D eigenvalue weighted by molar-refractivity contribution is 5.92. The van der Waals surface area contributed by atoms with Crippen molar-refractivity contribution < 1.29 is 19.0 Å². The standard InChI is InChI=1S/C19H23N5O4/c1-26-16-6-3-7-17(27-2)18(16)28-14-24-13-8-15(22-24)19(25)20-9-4-11-23-12-5-10-21-23/h3,5-8,10,12-13H,4,9,11,14H2,1-2H3,(H,20,25). The predicted molar refractivity (Wildman–Crippen MR) is 102 cm³/mol. The minimum atomic E-state index is -0.228. The number of benzene rings is 1. The van der Waals surface area contributed by atoms with Gasteiger partial charge in [-0.2, -0.15) is 10.2 Å². The van der Waals surface area contributed by atoms with Gasteiger partial charge in [0, 0.05) is 31.7 Å². The van der Waals surface area contributed by atoms with Gasteiger partial charge in [0.25, 0.3) is 5.91 Å². The molecule has 28 heavy (non-hydrogen) atoms. The van der Waals surface area contributed by atoms with Gasteiger partial charge in [-0.15, -0.1) is 0 Å². The lowest BCUT2D eigenvalue weighted by Crippen LogP contribution is -2.26. The van der Waals surface area contributed by atoms with E-state index >= 15 is 0 Å². The molecule has 0 aliphatic rings. The number of aromatic nitrogens is 4. The van der Waals surface area contributed by atoms with E-state index in [-0.39, 0.29) is 12.6 Å². The maximum atomic E-state index is 12.2. The zero-order valence-corrected chi connectivity index (χ0v) is 15.9. The molecule has 148 valence electrons. The molecule has 2 heterocycles. The number of nitrogens with one attached hydrogen (secondary N) is 1. The molecule has 0 aliphatic carbocycles. The summed E-state index contributed by atoms with van der Waals surface area (Å²) in [4.78, 5) is 12.2. The third kappa shape index (κ3) is 4.81. The maximum Gasteiger partial charge on any atom is 0.271 e. The van der Waals surface area contributed by atoms with Crippen LogP contribution >= 0.6 is 0 Å². The summed E-state index contributed by atoms with van der Waals surface area (Å²) in [5.74, 6) is 1.37. The Kier molecular flexibility index (Phi) is 6.50. The Morgan fingerprint density at radius 1 is 1.07 bits per heavy atom. The Labute approximate surface area is 162 Å². The highest BCUT2D eigenvalue weighted by atomic mass is 16.5. The van der Waals surface area contributed by atoms with Crippen molar-refractivity contribution in [2.24, 2.45) is 0 Å². The number of carbonyl (C=O) groups excluding carboxylic acids is 1. The van der Waals surface area contributed by atoms with Crippen LogP contribution in [0.5, 0.6) is 17.2 Å². The molecule has 0 aliphatic heterocycles. The number of hydrogen-bond acceptors (Lipinski definition) is 6. The Bertz CT molecular complexity index is 869. The molecular formula is C19H23N5O4. The summed E-state index contributed by atoms with van der Waals surface area (Å²) in [7, 11) is 3.12. The first-order valence-electron chi connectivity index (χ1n) is 8.84. The summed E-state index contributed by atoms with van der Waals surface area (Å²) in [6, 6.07) is 8.89. The van der Waals surface area contributed by atoms with Gasteiger partial charge in [-0.25, -0.2) is 4.68 Å². The SMILES string of the molecule is COc1cccc(OC)c1OCn1ccc(C(=O)NCCCn2cccn2)n1. The molecule has 1 amide bonds. The number of nitrogens with zero attached hydrogens (tertiary/aromatic N) is 4. The van der Waals surface area contributed by atoms with Crippen LogP contribution in [-0.2, 0) is 13.3 Å². The first-order chi connectivity index (χ1) is 13.7. The Balaban J connectivity index is 1.50. The number of amides is 1. The average Bonchev–Trinajstić information content (AvgIpc) is 3.41. The smallest absolute Gasteiger partial charge is 0.271 e. The number of rotatable bonds is 10. The molecule has 0 fully saturated rings. The van der Waals surface area contributed by atoms with Crippen molar-refractivity contribution in [1.29, 1.82) is 0 Å². The number of aryl methyl sites for hydroxylation is 1. The maximum absolute atomic E-state index is 12.2. The molecule has 3 aromatic rings. The van der Waals surface area contributed by atoms with E-state index in [2.05, 4.69) is 15.5 Å². The lowest BCUT2D eigenvalue weighted by atomic mass is 10.3. The fourth-order valence-corrected chi connectivity index (χ4v) is 2.61. The second kappa shape index (κ2) is 9.45. The minimum absolute atomic E-state index is 0.114. The van der Waals surface area contributed by atoms with E-state index in [4.69, 9.17) is 14.2 Å². The lowest BCUT2D eigenvalue weighted by molar-refractivity contribution is 0.0945. The van der Waals surface area contributed by atoms with E-state index in [1.165, 1.54) is 4.68 Å². The van der Waals surface area contributed by atoms with Crippen molar-refractivity contribution in [1.82, 2.24) is 24.9 Å². The minimum Gasteiger partial charge on any atom is -0.493 e. The molecule has 0 saturated carbocycles. The van der Waals surface area contributed by atoms with Crippen molar-refractivity contribution >= 4 is 5.91 Å². The van der Waals surface area contributed by atoms with Crippen LogP contribution in [0.15, 0.2) is 48.9 Å². The lowest BCUT2D eigenvalue weighted by Gasteiger charge is -2.13. The zero-order chi connectivity index (χ0) is 19.8. The summed E-state index contributed by atoms with van der Waals surface area (Å²) in [6.07, 6.45) is 6.08. The van der Waals surface area contributed by atoms with Crippen molar-refractivity contribution in [3.05, 3.63) is 54.6 Å². The van der Waals surface area contributed by atoms with Crippen molar-refractivity contribution in [3.63, 3.8) is 0 Å². The Morgan fingerprint density at radius 2 is 1.86 bits per heavy atom. The summed E-state index contributed by atoms with van der Waals surface area (Å²) in [6.45, 7) is 1.40. The van der Waals surface area contributed by atoms with Gasteiger partial charge in [-0.3, -0.25) is 9.48 Å². The number of para-hydroxylation sites is 1. The van der Waals surface area contributed by atoms with Gasteiger partial charge in [0.15, 0.2) is 18.2 Å². The molecule has 1 aromatic carbocycles. The number of hydrogen-bond donors (Lipinski definition) is 1. The van der Waals surface area contributed by atoms with Crippen LogP contribution in [0.25, 0.3) is 0 Å². The van der Waals surface area contributed by atoms with E-state index in [0.717, 1.165) is 13.0 Å². The fourth-order valence-electron chi connectivity index (χ4n) is 2.61. The number of carbonyl (C=O) groups is 1. The topological polar surface area (TPSA) is 92.4 Å². The van der Waals surface area contributed by atoms with Crippen LogP contribution in [0, 0.1) is 0 Å². The normalized spacial score (nSPS) is 10.5. The molecule has 0 radical (unpaired) electrons. The third-order valence-corrected chi connectivity index (χ3v) is 4.01. The third-order valence-electron chi connectivity index (χ3n) is 4.01. The van der Waals surface area contributed by atoms with Crippen LogP contribution in [0.1, 0.15) is 16.9 Å². The molecule has 0 unspecified atom stereocenters. The summed E-state index contributed by atoms with van der Waals surface area (Å²) in [5, 5.41) is 11.2. The first-order valence-corrected chi connectivity index (χ1v) is 8.84. The first kappa shape index (κ1) is 19.3. The zero-order valence-electron chi connectivity index (χ0n) is 15.9. The van der Waals surface area contributed by atoms with Crippen LogP contribution in [-0.4, -0.2) is 46.2 Å². The predicted octanol–water partition coefficient (Wildman–Crippen LogP) is 1.95. The molecular weight excluding hydrogens is 362 g/mol. The summed E-state index contributed by atoms with van der Waals surface area (Å²) >= 11 is 0. The van der Waals surface area contributed by atoms with E-state index in [9.17, 15) is 4.79 Å². The van der Waals surface area contributed by atoms with Crippen molar-refractivity contribution in [2.45, 2.75) is 19.7 Å². The highest BCUT2D eigenvalue weighted by Crippen LogP contribution is 2.36. The molecule has 0 bridgehead atoms. The molecule has 9 nitrogen and oxygen atoms in total. The van der Waals surface area contributed by atoms with Crippen LogP contribution in [0.3, 0.4) is 0 Å². The van der Waals surface area contributed by atoms with E-state index < -0.39 is 0 Å². The van der Waals surface area contributed by atoms with Gasteiger partial charge >= 0.3 is 0 Å². The van der Waals surface area contributed by atoms with Gasteiger partial charge in [0.2, 0.25) is 5.75 Å². The number of ether oxygens (including phenoxy) is 3.